The van der Waals surface area contributed by atoms with Gasteiger partial charge in [-0.2, -0.15) is 0 Å². The van der Waals surface area contributed by atoms with Crippen molar-refractivity contribution in [3.05, 3.63) is 35.2 Å². The van der Waals surface area contributed by atoms with Gasteiger partial charge in [-0.25, -0.2) is 0 Å². The van der Waals surface area contributed by atoms with Gasteiger partial charge in [-0.3, -0.25) is 0 Å². The molecule has 1 aromatic carbocycles. The maximum Gasteiger partial charge on any atom is 0.0390 e. The maximum absolute atomic E-state index is 3.57. The van der Waals surface area contributed by atoms with Crippen molar-refractivity contribution >= 4 is 21.4 Å². The summed E-state index contributed by atoms with van der Waals surface area (Å²) in [5, 5.41) is 7.15. The van der Waals surface area contributed by atoms with Crippen LogP contribution in [0.2, 0.25) is 0 Å². The number of thiophene rings is 1. The highest BCUT2D eigenvalue weighted by Gasteiger charge is 2.21. The first-order valence-corrected chi connectivity index (χ1v) is 8.33. The average molecular weight is 275 g/mol. The number of rotatable bonds is 7. The Hall–Kier alpha value is -0.860. The molecule has 1 nitrogen and oxygen atoms in total. The third kappa shape index (κ3) is 3.18. The molecule has 1 aromatic heterocycles. The van der Waals surface area contributed by atoms with E-state index in [1.54, 1.807) is 0 Å². The zero-order valence-corrected chi connectivity index (χ0v) is 13.1. The first kappa shape index (κ1) is 14.5. The minimum atomic E-state index is 0.485. The Morgan fingerprint density at radius 1 is 1.21 bits per heavy atom. The molecule has 0 amide bonds. The molecule has 2 heteroatoms. The highest BCUT2D eigenvalue weighted by atomic mass is 32.1. The highest BCUT2D eigenvalue weighted by Crippen LogP contribution is 2.35. The van der Waals surface area contributed by atoms with Crippen molar-refractivity contribution in [2.24, 2.45) is 5.92 Å². The van der Waals surface area contributed by atoms with Gasteiger partial charge in [0.05, 0.1) is 0 Å². The Bertz CT molecular complexity index is 503. The van der Waals surface area contributed by atoms with E-state index in [1.165, 1.54) is 41.3 Å². The predicted octanol–water partition coefficient (Wildman–Crippen LogP) is 5.38. The number of fused-ring (bicyclic) bond motifs is 1. The standard InChI is InChI=1S/C17H25NS/c1-4-6-8-13(5-2)16(18-3)15-10-7-9-14-11-12-19-17(14)15/h7,9-13,16,18H,4-6,8H2,1-3H3. The van der Waals surface area contributed by atoms with Gasteiger partial charge in [0.1, 0.15) is 0 Å². The molecular formula is C17H25NS. The van der Waals surface area contributed by atoms with Crippen LogP contribution >= 0.6 is 11.3 Å². The molecule has 2 aromatic rings. The predicted molar refractivity (Wildman–Crippen MR) is 86.9 cm³/mol. The van der Waals surface area contributed by atoms with Gasteiger partial charge in [-0.1, -0.05) is 51.3 Å². The Morgan fingerprint density at radius 2 is 2.05 bits per heavy atom. The largest absolute Gasteiger partial charge is 0.313 e. The number of hydrogen-bond donors (Lipinski definition) is 1. The van der Waals surface area contributed by atoms with Crippen molar-refractivity contribution in [2.75, 3.05) is 7.05 Å². The van der Waals surface area contributed by atoms with Crippen LogP contribution in [0.1, 0.15) is 51.1 Å². The zero-order valence-electron chi connectivity index (χ0n) is 12.3. The molecule has 0 spiro atoms. The zero-order chi connectivity index (χ0) is 13.7. The van der Waals surface area contributed by atoms with Gasteiger partial charge >= 0.3 is 0 Å². The van der Waals surface area contributed by atoms with Gasteiger partial charge in [0.15, 0.2) is 0 Å². The number of benzene rings is 1. The van der Waals surface area contributed by atoms with Gasteiger partial charge in [-0.15, -0.1) is 11.3 Å². The summed E-state index contributed by atoms with van der Waals surface area (Å²) in [5.41, 5.74) is 1.48. The second-order valence-electron chi connectivity index (χ2n) is 5.26. The van der Waals surface area contributed by atoms with E-state index in [0.29, 0.717) is 6.04 Å². The van der Waals surface area contributed by atoms with Crippen molar-refractivity contribution in [1.82, 2.24) is 5.32 Å². The lowest BCUT2D eigenvalue weighted by Gasteiger charge is -2.27. The van der Waals surface area contributed by atoms with E-state index >= 15 is 0 Å². The first-order valence-electron chi connectivity index (χ1n) is 7.45. The van der Waals surface area contributed by atoms with Crippen molar-refractivity contribution < 1.29 is 0 Å². The van der Waals surface area contributed by atoms with E-state index in [1.807, 2.05) is 11.3 Å². The molecule has 0 aliphatic rings. The van der Waals surface area contributed by atoms with Crippen LogP contribution in [0.4, 0.5) is 0 Å². The molecule has 19 heavy (non-hydrogen) atoms. The first-order chi connectivity index (χ1) is 9.31. The molecule has 0 fully saturated rings. The molecular weight excluding hydrogens is 250 g/mol. The molecule has 1 N–H and O–H groups in total. The van der Waals surface area contributed by atoms with Gasteiger partial charge < -0.3 is 5.32 Å². The Balaban J connectivity index is 2.31. The van der Waals surface area contributed by atoms with Gasteiger partial charge in [0.2, 0.25) is 0 Å². The Morgan fingerprint density at radius 3 is 2.74 bits per heavy atom. The summed E-state index contributed by atoms with van der Waals surface area (Å²) >= 11 is 1.87. The fourth-order valence-electron chi connectivity index (χ4n) is 2.98. The Labute approximate surface area is 121 Å². The Kier molecular flexibility index (Phi) is 5.41. The highest BCUT2D eigenvalue weighted by molar-refractivity contribution is 7.17. The van der Waals surface area contributed by atoms with E-state index < -0.39 is 0 Å². The van der Waals surface area contributed by atoms with Crippen LogP contribution in [0, 0.1) is 5.92 Å². The van der Waals surface area contributed by atoms with E-state index in [2.05, 4.69) is 55.9 Å². The van der Waals surface area contributed by atoms with E-state index in [4.69, 9.17) is 0 Å². The molecule has 2 atom stereocenters. The van der Waals surface area contributed by atoms with Crippen LogP contribution < -0.4 is 5.32 Å². The van der Waals surface area contributed by atoms with E-state index in [9.17, 15) is 0 Å². The minimum absolute atomic E-state index is 0.485. The summed E-state index contributed by atoms with van der Waals surface area (Å²) < 4.78 is 1.46. The van der Waals surface area contributed by atoms with Gasteiger partial charge in [0, 0.05) is 10.7 Å². The fraction of sp³-hybridized carbons (Fsp3) is 0.529. The van der Waals surface area contributed by atoms with Crippen LogP contribution in [-0.4, -0.2) is 7.05 Å². The average Bonchev–Trinajstić information content (AvgIpc) is 2.92. The van der Waals surface area contributed by atoms with Crippen molar-refractivity contribution in [3.63, 3.8) is 0 Å². The second-order valence-corrected chi connectivity index (χ2v) is 6.18. The third-order valence-electron chi connectivity index (χ3n) is 4.08. The molecule has 104 valence electrons. The van der Waals surface area contributed by atoms with Crippen molar-refractivity contribution in [3.8, 4) is 0 Å². The molecule has 0 saturated heterocycles. The topological polar surface area (TPSA) is 12.0 Å². The van der Waals surface area contributed by atoms with Crippen LogP contribution in [0.5, 0.6) is 0 Å². The van der Waals surface area contributed by atoms with Crippen LogP contribution in [-0.2, 0) is 0 Å². The van der Waals surface area contributed by atoms with Crippen LogP contribution in [0.3, 0.4) is 0 Å². The smallest absolute Gasteiger partial charge is 0.0390 e. The van der Waals surface area contributed by atoms with E-state index in [-0.39, 0.29) is 0 Å². The number of unbranched alkanes of at least 4 members (excludes halogenated alkanes) is 1. The lowest BCUT2D eigenvalue weighted by Crippen LogP contribution is -2.25. The molecule has 0 aliphatic heterocycles. The SMILES string of the molecule is CCCCC(CC)C(NC)c1cccc2ccsc12. The summed E-state index contributed by atoms with van der Waals surface area (Å²) in [5.74, 6) is 0.734. The molecule has 1 heterocycles. The van der Waals surface area contributed by atoms with Crippen molar-refractivity contribution in [2.45, 2.75) is 45.6 Å². The second kappa shape index (κ2) is 7.06. The molecule has 2 unspecified atom stereocenters. The molecule has 2 rings (SSSR count). The lowest BCUT2D eigenvalue weighted by atomic mass is 9.86. The lowest BCUT2D eigenvalue weighted by molar-refractivity contribution is 0.341. The normalized spacial score (nSPS) is 14.7. The third-order valence-corrected chi connectivity index (χ3v) is 5.06. The molecule has 0 bridgehead atoms. The van der Waals surface area contributed by atoms with Gasteiger partial charge in [-0.05, 0) is 41.8 Å². The monoisotopic (exact) mass is 275 g/mol. The molecule has 0 radical (unpaired) electrons. The number of nitrogens with one attached hydrogen (secondary N) is 1. The summed E-state index contributed by atoms with van der Waals surface area (Å²) in [6.07, 6.45) is 5.18. The quantitative estimate of drug-likeness (QED) is 0.715. The van der Waals surface area contributed by atoms with E-state index in [0.717, 1.165) is 5.92 Å². The van der Waals surface area contributed by atoms with Gasteiger partial charge in [0.25, 0.3) is 0 Å². The summed E-state index contributed by atoms with van der Waals surface area (Å²) in [6.45, 7) is 4.60. The minimum Gasteiger partial charge on any atom is -0.313 e. The maximum atomic E-state index is 3.57. The van der Waals surface area contributed by atoms with Crippen molar-refractivity contribution in [1.29, 1.82) is 0 Å². The van der Waals surface area contributed by atoms with Crippen LogP contribution in [0.15, 0.2) is 29.6 Å². The summed E-state index contributed by atoms with van der Waals surface area (Å²) in [4.78, 5) is 0. The summed E-state index contributed by atoms with van der Waals surface area (Å²) in [6, 6.07) is 9.42. The number of hydrogen-bond acceptors (Lipinski definition) is 2. The summed E-state index contributed by atoms with van der Waals surface area (Å²) in [7, 11) is 2.10. The van der Waals surface area contributed by atoms with Crippen LogP contribution in [0.25, 0.3) is 10.1 Å². The fourth-order valence-corrected chi connectivity index (χ4v) is 3.93. The molecule has 0 aliphatic carbocycles. The molecule has 0 saturated carbocycles.